The van der Waals surface area contributed by atoms with E-state index < -0.39 is 5.97 Å². The summed E-state index contributed by atoms with van der Waals surface area (Å²) in [6.45, 7) is 1.54. The summed E-state index contributed by atoms with van der Waals surface area (Å²) in [5.41, 5.74) is 0.334. The maximum atomic E-state index is 10.8. The molecule has 0 aliphatic heterocycles. The highest BCUT2D eigenvalue weighted by atomic mass is 32.2. The third-order valence-corrected chi connectivity index (χ3v) is 3.51. The largest absolute Gasteiger partial charge is 0.478 e. The summed E-state index contributed by atoms with van der Waals surface area (Å²) in [6, 6.07) is 1.59. The summed E-state index contributed by atoms with van der Waals surface area (Å²) in [6.07, 6.45) is 4.46. The standard InChI is InChI=1S/C11H12O3S2/c1-8(12)15-6-3-2-4-10-9(11(13)14)5-7-16-10/h2,4-5,7H,3,6H2,1H3,(H,13,14). The molecule has 0 saturated heterocycles. The van der Waals surface area contributed by atoms with Gasteiger partial charge in [0.15, 0.2) is 5.12 Å². The van der Waals surface area contributed by atoms with Crippen LogP contribution in [0.3, 0.4) is 0 Å². The first-order valence-corrected chi connectivity index (χ1v) is 6.58. The number of hydrogen-bond acceptors (Lipinski definition) is 4. The molecule has 0 radical (unpaired) electrons. The van der Waals surface area contributed by atoms with Gasteiger partial charge in [0, 0.05) is 17.6 Å². The molecule has 0 aliphatic carbocycles. The Morgan fingerprint density at radius 2 is 2.31 bits per heavy atom. The van der Waals surface area contributed by atoms with Crippen LogP contribution in [0.1, 0.15) is 28.6 Å². The normalized spacial score (nSPS) is 10.8. The van der Waals surface area contributed by atoms with Crippen molar-refractivity contribution in [3.8, 4) is 0 Å². The first kappa shape index (κ1) is 13.0. The van der Waals surface area contributed by atoms with E-state index in [-0.39, 0.29) is 5.12 Å². The van der Waals surface area contributed by atoms with Gasteiger partial charge in [0.05, 0.1) is 5.56 Å². The predicted molar refractivity (Wildman–Crippen MR) is 68.1 cm³/mol. The average Bonchev–Trinajstić information content (AvgIpc) is 2.65. The molecule has 0 bridgehead atoms. The molecule has 0 spiro atoms. The molecule has 16 heavy (non-hydrogen) atoms. The Bertz CT molecular complexity index is 407. The lowest BCUT2D eigenvalue weighted by Gasteiger charge is -1.93. The second-order valence-electron chi connectivity index (χ2n) is 3.03. The second kappa shape index (κ2) is 6.50. The molecular formula is C11H12O3S2. The Labute approximate surface area is 102 Å². The van der Waals surface area contributed by atoms with Crippen molar-refractivity contribution >= 4 is 40.3 Å². The van der Waals surface area contributed by atoms with Crippen LogP contribution < -0.4 is 0 Å². The van der Waals surface area contributed by atoms with Crippen molar-refractivity contribution in [3.63, 3.8) is 0 Å². The number of carbonyl (C=O) groups excluding carboxylic acids is 1. The molecule has 1 aromatic rings. The van der Waals surface area contributed by atoms with Gasteiger partial charge in [-0.2, -0.15) is 0 Å². The summed E-state index contributed by atoms with van der Waals surface area (Å²) in [7, 11) is 0. The topological polar surface area (TPSA) is 54.4 Å². The summed E-state index contributed by atoms with van der Waals surface area (Å²) in [5, 5.41) is 10.7. The van der Waals surface area contributed by atoms with E-state index in [9.17, 15) is 9.59 Å². The number of thioether (sulfide) groups is 1. The van der Waals surface area contributed by atoms with Crippen LogP contribution in [-0.2, 0) is 4.79 Å². The monoisotopic (exact) mass is 256 g/mol. The van der Waals surface area contributed by atoms with Crippen LogP contribution in [0.5, 0.6) is 0 Å². The fourth-order valence-electron chi connectivity index (χ4n) is 1.09. The van der Waals surface area contributed by atoms with Gasteiger partial charge >= 0.3 is 5.97 Å². The van der Waals surface area contributed by atoms with Gasteiger partial charge in [-0.05, 0) is 23.9 Å². The molecule has 5 heteroatoms. The molecule has 0 atom stereocenters. The van der Waals surface area contributed by atoms with Crippen molar-refractivity contribution in [2.45, 2.75) is 13.3 Å². The molecule has 0 aromatic carbocycles. The van der Waals surface area contributed by atoms with E-state index in [1.807, 2.05) is 6.08 Å². The summed E-state index contributed by atoms with van der Waals surface area (Å²) < 4.78 is 0. The molecule has 1 rings (SSSR count). The average molecular weight is 256 g/mol. The van der Waals surface area contributed by atoms with Crippen molar-refractivity contribution in [2.75, 3.05) is 5.75 Å². The maximum Gasteiger partial charge on any atom is 0.337 e. The zero-order valence-corrected chi connectivity index (χ0v) is 10.4. The molecule has 0 amide bonds. The van der Waals surface area contributed by atoms with Gasteiger partial charge in [-0.15, -0.1) is 11.3 Å². The van der Waals surface area contributed by atoms with Gasteiger partial charge in [-0.1, -0.05) is 17.8 Å². The van der Waals surface area contributed by atoms with Crippen LogP contribution in [0.2, 0.25) is 0 Å². The quantitative estimate of drug-likeness (QED) is 0.822. The van der Waals surface area contributed by atoms with Gasteiger partial charge < -0.3 is 5.11 Å². The van der Waals surface area contributed by atoms with E-state index in [0.717, 1.165) is 17.1 Å². The lowest BCUT2D eigenvalue weighted by atomic mass is 10.2. The second-order valence-corrected chi connectivity index (χ2v) is 5.25. The Morgan fingerprint density at radius 3 is 2.94 bits per heavy atom. The van der Waals surface area contributed by atoms with Crippen molar-refractivity contribution in [1.82, 2.24) is 0 Å². The van der Waals surface area contributed by atoms with Crippen LogP contribution in [0.15, 0.2) is 17.5 Å². The van der Waals surface area contributed by atoms with Crippen LogP contribution in [0, 0.1) is 0 Å². The number of rotatable bonds is 5. The summed E-state index contributed by atoms with van der Waals surface area (Å²) in [4.78, 5) is 22.2. The SMILES string of the molecule is CC(=O)SCCC=Cc1sccc1C(=O)O. The minimum atomic E-state index is -0.904. The number of carbonyl (C=O) groups is 2. The fraction of sp³-hybridized carbons (Fsp3) is 0.273. The van der Waals surface area contributed by atoms with Gasteiger partial charge in [0.25, 0.3) is 0 Å². The van der Waals surface area contributed by atoms with Crippen LogP contribution in [0.25, 0.3) is 6.08 Å². The molecule has 0 aliphatic rings. The van der Waals surface area contributed by atoms with Crippen LogP contribution >= 0.6 is 23.1 Å². The molecule has 1 aromatic heterocycles. The van der Waals surface area contributed by atoms with E-state index in [1.54, 1.807) is 17.5 Å². The van der Waals surface area contributed by atoms with Gasteiger partial charge in [0.1, 0.15) is 0 Å². The number of aromatic carboxylic acids is 1. The highest BCUT2D eigenvalue weighted by molar-refractivity contribution is 8.13. The first-order chi connectivity index (χ1) is 7.61. The molecule has 1 heterocycles. The summed E-state index contributed by atoms with van der Waals surface area (Å²) >= 11 is 2.68. The number of allylic oxidation sites excluding steroid dienone is 1. The Kier molecular flexibility index (Phi) is 5.28. The van der Waals surface area contributed by atoms with E-state index in [0.29, 0.717) is 5.56 Å². The lowest BCUT2D eigenvalue weighted by Crippen LogP contribution is -1.94. The third-order valence-electron chi connectivity index (χ3n) is 1.78. The van der Waals surface area contributed by atoms with Crippen molar-refractivity contribution < 1.29 is 14.7 Å². The molecule has 1 N–H and O–H groups in total. The number of hydrogen-bond donors (Lipinski definition) is 1. The van der Waals surface area contributed by atoms with Gasteiger partial charge in [-0.3, -0.25) is 4.79 Å². The fourth-order valence-corrected chi connectivity index (χ4v) is 2.44. The molecule has 3 nitrogen and oxygen atoms in total. The molecular weight excluding hydrogens is 244 g/mol. The van der Waals surface area contributed by atoms with Crippen molar-refractivity contribution in [3.05, 3.63) is 28.0 Å². The number of thiophene rings is 1. The maximum absolute atomic E-state index is 10.8. The molecule has 86 valence electrons. The predicted octanol–water partition coefficient (Wildman–Crippen LogP) is 3.13. The summed E-state index contributed by atoms with van der Waals surface area (Å²) in [5.74, 6) is -0.168. The molecule has 0 unspecified atom stereocenters. The highest BCUT2D eigenvalue weighted by Crippen LogP contribution is 2.19. The Morgan fingerprint density at radius 1 is 1.56 bits per heavy atom. The van der Waals surface area contributed by atoms with Gasteiger partial charge in [-0.25, -0.2) is 4.79 Å². The van der Waals surface area contributed by atoms with Crippen LogP contribution in [-0.4, -0.2) is 21.9 Å². The van der Waals surface area contributed by atoms with E-state index >= 15 is 0 Å². The Balaban J connectivity index is 2.47. The molecule has 0 saturated carbocycles. The van der Waals surface area contributed by atoms with Crippen molar-refractivity contribution in [1.29, 1.82) is 0 Å². The zero-order chi connectivity index (χ0) is 12.0. The first-order valence-electron chi connectivity index (χ1n) is 4.72. The molecule has 0 fully saturated rings. The highest BCUT2D eigenvalue weighted by Gasteiger charge is 2.07. The van der Waals surface area contributed by atoms with Crippen LogP contribution in [0.4, 0.5) is 0 Å². The minimum absolute atomic E-state index is 0.107. The van der Waals surface area contributed by atoms with E-state index in [4.69, 9.17) is 5.11 Å². The zero-order valence-electron chi connectivity index (χ0n) is 8.80. The smallest absolute Gasteiger partial charge is 0.337 e. The number of carboxylic acid groups (broad SMARTS) is 1. The minimum Gasteiger partial charge on any atom is -0.478 e. The van der Waals surface area contributed by atoms with E-state index in [1.165, 1.54) is 30.0 Å². The van der Waals surface area contributed by atoms with Crippen molar-refractivity contribution in [2.24, 2.45) is 0 Å². The Hall–Kier alpha value is -1.07. The van der Waals surface area contributed by atoms with E-state index in [2.05, 4.69) is 0 Å². The lowest BCUT2D eigenvalue weighted by molar-refractivity contribution is -0.109. The third kappa shape index (κ3) is 4.20. The number of carboxylic acids is 1. The van der Waals surface area contributed by atoms with Gasteiger partial charge in [0.2, 0.25) is 0 Å².